The highest BCUT2D eigenvalue weighted by atomic mass is 32.1. The van der Waals surface area contributed by atoms with E-state index in [1.54, 1.807) is 11.3 Å². The van der Waals surface area contributed by atoms with Gasteiger partial charge in [-0.3, -0.25) is 0 Å². The van der Waals surface area contributed by atoms with E-state index in [9.17, 15) is 0 Å². The van der Waals surface area contributed by atoms with E-state index in [1.807, 2.05) is 54.6 Å². The lowest BCUT2D eigenvalue weighted by Gasteiger charge is -2.12. The van der Waals surface area contributed by atoms with Crippen LogP contribution in [0.25, 0.3) is 104 Å². The molecule has 0 saturated carbocycles. The summed E-state index contributed by atoms with van der Waals surface area (Å²) in [6.45, 7) is 0. The third-order valence-electron chi connectivity index (χ3n) is 9.89. The molecule has 7 heteroatoms. The van der Waals surface area contributed by atoms with Crippen LogP contribution in [-0.4, -0.2) is 24.5 Å². The van der Waals surface area contributed by atoms with Crippen molar-refractivity contribution in [1.29, 1.82) is 0 Å². The van der Waals surface area contributed by atoms with Crippen LogP contribution in [0, 0.1) is 0 Å². The van der Waals surface area contributed by atoms with Crippen LogP contribution in [0.15, 0.2) is 168 Å². The van der Waals surface area contributed by atoms with E-state index in [1.165, 1.54) is 15.5 Å². The minimum absolute atomic E-state index is 0.599. The van der Waals surface area contributed by atoms with Gasteiger partial charge in [0.2, 0.25) is 5.89 Å². The maximum atomic E-state index is 6.18. The predicted molar refractivity (Wildman–Crippen MR) is 216 cm³/mol. The fourth-order valence-electron chi connectivity index (χ4n) is 7.47. The first-order valence-corrected chi connectivity index (χ1v) is 18.3. The van der Waals surface area contributed by atoms with Gasteiger partial charge in [0, 0.05) is 58.9 Å². The molecular weight excluding hydrogens is 671 g/mol. The van der Waals surface area contributed by atoms with Crippen LogP contribution in [0.2, 0.25) is 0 Å². The van der Waals surface area contributed by atoms with Crippen molar-refractivity contribution in [2.45, 2.75) is 0 Å². The molecule has 0 unspecified atom stereocenters. The topological polar surface area (TPSA) is 69.6 Å². The largest absolute Gasteiger partial charge is 0.436 e. The van der Waals surface area contributed by atoms with Crippen molar-refractivity contribution in [3.63, 3.8) is 0 Å². The summed E-state index contributed by atoms with van der Waals surface area (Å²) < 4.78 is 10.8. The number of nitrogens with zero attached hydrogens (tertiary/aromatic N) is 5. The second-order valence-electron chi connectivity index (χ2n) is 13.1. The molecule has 0 saturated heterocycles. The lowest BCUT2D eigenvalue weighted by molar-refractivity contribution is 0.620. The van der Waals surface area contributed by atoms with Crippen molar-refractivity contribution in [2.75, 3.05) is 0 Å². The van der Waals surface area contributed by atoms with Gasteiger partial charge in [0.05, 0.1) is 11.0 Å². The summed E-state index contributed by atoms with van der Waals surface area (Å²) >= 11 is 1.76. The Kier molecular flexibility index (Phi) is 6.62. The summed E-state index contributed by atoms with van der Waals surface area (Å²) in [6.07, 6.45) is 0. The number of aromatic nitrogens is 5. The number of para-hydroxylation sites is 4. The molecule has 53 heavy (non-hydrogen) atoms. The molecule has 7 aromatic carbocycles. The Bertz CT molecular complexity index is 3110. The van der Waals surface area contributed by atoms with Gasteiger partial charge in [-0.05, 0) is 60.7 Å². The van der Waals surface area contributed by atoms with Gasteiger partial charge >= 0.3 is 0 Å². The van der Waals surface area contributed by atoms with Crippen molar-refractivity contribution in [3.8, 4) is 51.3 Å². The second kappa shape index (κ2) is 11.8. The van der Waals surface area contributed by atoms with Crippen molar-refractivity contribution in [1.82, 2.24) is 24.5 Å². The van der Waals surface area contributed by atoms with Gasteiger partial charge in [-0.15, -0.1) is 11.3 Å². The molecule has 0 aliphatic rings. The molecule has 11 rings (SSSR count). The zero-order chi connectivity index (χ0) is 34.9. The molecule has 0 radical (unpaired) electrons. The molecule has 0 spiro atoms. The average molecular weight is 698 g/mol. The maximum Gasteiger partial charge on any atom is 0.227 e. The van der Waals surface area contributed by atoms with Crippen LogP contribution in [0.1, 0.15) is 0 Å². The summed E-state index contributed by atoms with van der Waals surface area (Å²) in [5.74, 6) is 2.45. The molecule has 0 atom stereocenters. The van der Waals surface area contributed by atoms with Gasteiger partial charge in [0.15, 0.2) is 23.1 Å². The van der Waals surface area contributed by atoms with Crippen LogP contribution in [0.4, 0.5) is 0 Å². The van der Waals surface area contributed by atoms with E-state index >= 15 is 0 Å². The number of rotatable bonds is 5. The number of hydrogen-bond acceptors (Lipinski definition) is 6. The Morgan fingerprint density at radius 3 is 1.94 bits per heavy atom. The summed E-state index contributed by atoms with van der Waals surface area (Å²) in [5.41, 5.74) is 8.66. The van der Waals surface area contributed by atoms with Crippen LogP contribution >= 0.6 is 11.3 Å². The molecule has 11 aromatic rings. The maximum absolute atomic E-state index is 6.18. The highest BCUT2D eigenvalue weighted by molar-refractivity contribution is 7.26. The van der Waals surface area contributed by atoms with Crippen molar-refractivity contribution >= 4 is 64.4 Å². The number of oxazole rings is 1. The van der Waals surface area contributed by atoms with Crippen LogP contribution < -0.4 is 0 Å². The molecule has 0 aliphatic carbocycles. The smallest absolute Gasteiger partial charge is 0.227 e. The summed E-state index contributed by atoms with van der Waals surface area (Å²) in [6, 6.07) is 56.4. The molecule has 6 nitrogen and oxygen atoms in total. The van der Waals surface area contributed by atoms with Gasteiger partial charge in [-0.1, -0.05) is 103 Å². The normalized spacial score (nSPS) is 11.8. The molecule has 4 heterocycles. The minimum atomic E-state index is 0.599. The number of thiophene rings is 1. The van der Waals surface area contributed by atoms with E-state index < -0.39 is 0 Å². The average Bonchev–Trinajstić information content (AvgIpc) is 3.93. The van der Waals surface area contributed by atoms with Gasteiger partial charge in [-0.2, -0.15) is 0 Å². The highest BCUT2D eigenvalue weighted by Crippen LogP contribution is 2.42. The van der Waals surface area contributed by atoms with E-state index in [-0.39, 0.29) is 0 Å². The third-order valence-corrected chi connectivity index (χ3v) is 11.0. The fraction of sp³-hybridized carbons (Fsp3) is 0. The van der Waals surface area contributed by atoms with Gasteiger partial charge < -0.3 is 8.98 Å². The van der Waals surface area contributed by atoms with E-state index in [2.05, 4.69) is 114 Å². The summed E-state index contributed by atoms with van der Waals surface area (Å²) in [5, 5.41) is 4.65. The molecule has 0 aliphatic heterocycles. The Balaban J connectivity index is 1.11. The molecule has 4 aromatic heterocycles. The number of hydrogen-bond donors (Lipinski definition) is 0. The fourth-order valence-corrected chi connectivity index (χ4v) is 8.58. The van der Waals surface area contributed by atoms with E-state index in [0.717, 1.165) is 65.5 Å². The second-order valence-corrected chi connectivity index (χ2v) is 14.2. The number of fused-ring (bicyclic) bond motifs is 7. The zero-order valence-corrected chi connectivity index (χ0v) is 29.0. The lowest BCUT2D eigenvalue weighted by Crippen LogP contribution is -2.01. The Hall–Kier alpha value is -6.96. The van der Waals surface area contributed by atoms with Crippen molar-refractivity contribution in [3.05, 3.63) is 164 Å². The Labute approximate surface area is 307 Å². The molecule has 0 amide bonds. The number of benzene rings is 7. The molecule has 0 bridgehead atoms. The minimum Gasteiger partial charge on any atom is -0.436 e. The van der Waals surface area contributed by atoms with Gasteiger partial charge in [0.1, 0.15) is 5.52 Å². The van der Waals surface area contributed by atoms with E-state index in [0.29, 0.717) is 23.4 Å². The van der Waals surface area contributed by atoms with Crippen LogP contribution in [-0.2, 0) is 0 Å². The van der Waals surface area contributed by atoms with Crippen LogP contribution in [0.5, 0.6) is 0 Å². The first-order valence-electron chi connectivity index (χ1n) is 17.5. The highest BCUT2D eigenvalue weighted by Gasteiger charge is 2.19. The molecular formula is C46H27N5OS. The van der Waals surface area contributed by atoms with Crippen LogP contribution in [0.3, 0.4) is 0 Å². The first-order chi connectivity index (χ1) is 26.2. The SMILES string of the molecule is c1ccc(-c2nc(-c3cccc(-n4c5ccccc5c5ccccc54)c3)nc(-c3cccc4sc5ccc(-c6nc7ccccc7o6)cc5c34)n2)cc1. The quantitative estimate of drug-likeness (QED) is 0.179. The lowest BCUT2D eigenvalue weighted by atomic mass is 10.0. The standard InChI is InChI=1S/C46H27N5OS/c1-2-12-28(13-3-1)43-48-44(29-14-10-15-31(26-29)51-37-20-7-4-16-32(37)33-17-5-8-21-38(33)51)50-45(49-43)34-18-11-23-41-42(34)35-27-30(24-25-40(35)53-41)46-47-36-19-6-9-22-39(36)52-46/h1-27H. The molecule has 248 valence electrons. The van der Waals surface area contributed by atoms with Gasteiger partial charge in [0.25, 0.3) is 0 Å². The van der Waals surface area contributed by atoms with Crippen molar-refractivity contribution < 1.29 is 4.42 Å². The zero-order valence-electron chi connectivity index (χ0n) is 28.1. The third kappa shape index (κ3) is 4.86. The monoisotopic (exact) mass is 697 g/mol. The van der Waals surface area contributed by atoms with Gasteiger partial charge in [-0.25, -0.2) is 19.9 Å². The predicted octanol–water partition coefficient (Wildman–Crippen LogP) is 12.1. The summed E-state index contributed by atoms with van der Waals surface area (Å²) in [4.78, 5) is 20.3. The summed E-state index contributed by atoms with van der Waals surface area (Å²) in [7, 11) is 0. The first kappa shape index (κ1) is 29.7. The van der Waals surface area contributed by atoms with E-state index in [4.69, 9.17) is 24.4 Å². The molecule has 0 N–H and O–H groups in total. The Morgan fingerprint density at radius 1 is 0.453 bits per heavy atom. The molecule has 0 fully saturated rings. The Morgan fingerprint density at radius 2 is 1.13 bits per heavy atom. The van der Waals surface area contributed by atoms with Crippen molar-refractivity contribution in [2.24, 2.45) is 0 Å².